The van der Waals surface area contributed by atoms with Crippen molar-refractivity contribution in [3.05, 3.63) is 12.2 Å². The van der Waals surface area contributed by atoms with E-state index < -0.39 is 28.0 Å². The number of unbranched alkanes of at least 4 members (excludes halogenated alkanes) is 22. The zero-order valence-electron chi connectivity index (χ0n) is 26.2. The van der Waals surface area contributed by atoms with Crippen LogP contribution in [0.25, 0.3) is 0 Å². The van der Waals surface area contributed by atoms with Gasteiger partial charge in [0.05, 0.1) is 17.9 Å². The molecule has 0 aliphatic rings. The third-order valence-corrected chi connectivity index (χ3v) is 8.49. The van der Waals surface area contributed by atoms with Crippen LogP contribution in [0.1, 0.15) is 174 Å². The summed E-state index contributed by atoms with van der Waals surface area (Å²) in [6.07, 6.45) is 31.9. The van der Waals surface area contributed by atoms with Gasteiger partial charge in [-0.2, -0.15) is 8.42 Å². The fourth-order valence-corrected chi connectivity index (χ4v) is 5.89. The quantitative estimate of drug-likeness (QED) is 0.0442. The maximum absolute atomic E-state index is 12.4. The zero-order chi connectivity index (χ0) is 29.7. The molecule has 3 N–H and O–H groups in total. The van der Waals surface area contributed by atoms with Crippen LogP contribution in [0.5, 0.6) is 0 Å². The molecule has 2 atom stereocenters. The molecule has 0 saturated carbocycles. The second-order valence-corrected chi connectivity index (χ2v) is 13.3. The van der Waals surface area contributed by atoms with Gasteiger partial charge in [-0.05, 0) is 19.3 Å². The normalized spacial score (nSPS) is 13.6. The molecule has 1 amide bonds. The van der Waals surface area contributed by atoms with Crippen LogP contribution in [0.3, 0.4) is 0 Å². The SMILES string of the molecule is CCCCCCCCCCCCCCC/C=C/C(O)C(CS(=O)(=O)O)NC(=O)CCCCCCCCCCCC. The van der Waals surface area contributed by atoms with Crippen molar-refractivity contribution in [2.24, 2.45) is 0 Å². The molecule has 0 aromatic carbocycles. The first kappa shape index (κ1) is 39.1. The predicted molar refractivity (Wildman–Crippen MR) is 170 cm³/mol. The summed E-state index contributed by atoms with van der Waals surface area (Å²) in [6.45, 7) is 4.48. The van der Waals surface area contributed by atoms with E-state index in [9.17, 15) is 22.9 Å². The molecule has 6 nitrogen and oxygen atoms in total. The Morgan fingerprint density at radius 2 is 1.02 bits per heavy atom. The van der Waals surface area contributed by atoms with Crippen LogP contribution in [0, 0.1) is 0 Å². The lowest BCUT2D eigenvalue weighted by Gasteiger charge is -2.21. The van der Waals surface area contributed by atoms with Crippen molar-refractivity contribution in [3.8, 4) is 0 Å². The van der Waals surface area contributed by atoms with Gasteiger partial charge in [0, 0.05) is 6.42 Å². The molecular formula is C33H65NO5S. The maximum atomic E-state index is 12.4. The van der Waals surface area contributed by atoms with Gasteiger partial charge in [-0.25, -0.2) is 0 Å². The molecule has 0 saturated heterocycles. The van der Waals surface area contributed by atoms with Crippen molar-refractivity contribution in [1.29, 1.82) is 0 Å². The van der Waals surface area contributed by atoms with Crippen LogP contribution in [0.15, 0.2) is 12.2 Å². The third kappa shape index (κ3) is 28.6. The highest BCUT2D eigenvalue weighted by molar-refractivity contribution is 7.85. The number of carbonyl (C=O) groups excluding carboxylic acids is 1. The first-order valence-electron chi connectivity index (χ1n) is 16.9. The Bertz CT molecular complexity index is 695. The second-order valence-electron chi connectivity index (χ2n) is 11.8. The van der Waals surface area contributed by atoms with Gasteiger partial charge in [0.1, 0.15) is 0 Å². The van der Waals surface area contributed by atoms with E-state index in [1.807, 2.05) is 6.08 Å². The number of carbonyl (C=O) groups is 1. The summed E-state index contributed by atoms with van der Waals surface area (Å²) in [4.78, 5) is 12.4. The lowest BCUT2D eigenvalue weighted by atomic mass is 10.0. The van der Waals surface area contributed by atoms with Crippen molar-refractivity contribution in [2.75, 3.05) is 5.75 Å². The molecule has 0 aromatic rings. The molecule has 7 heteroatoms. The summed E-state index contributed by atoms with van der Waals surface area (Å²) in [6, 6.07) is -1.05. The number of rotatable bonds is 30. The molecule has 0 radical (unpaired) electrons. The van der Waals surface area contributed by atoms with E-state index in [1.165, 1.54) is 116 Å². The van der Waals surface area contributed by atoms with Crippen LogP contribution in [0.4, 0.5) is 0 Å². The number of hydrogen-bond acceptors (Lipinski definition) is 4. The van der Waals surface area contributed by atoms with Crippen LogP contribution in [0.2, 0.25) is 0 Å². The highest BCUT2D eigenvalue weighted by Crippen LogP contribution is 2.14. The number of allylic oxidation sites excluding steroid dienone is 1. The summed E-state index contributed by atoms with van der Waals surface area (Å²) < 4.78 is 32.2. The van der Waals surface area contributed by atoms with Gasteiger partial charge in [-0.3, -0.25) is 9.35 Å². The van der Waals surface area contributed by atoms with Gasteiger partial charge in [-0.15, -0.1) is 0 Å². The first-order valence-corrected chi connectivity index (χ1v) is 18.5. The Hall–Kier alpha value is -0.920. The van der Waals surface area contributed by atoms with Crippen molar-refractivity contribution in [2.45, 2.75) is 187 Å². The lowest BCUT2D eigenvalue weighted by molar-refractivity contribution is -0.122. The topological polar surface area (TPSA) is 104 Å². The van der Waals surface area contributed by atoms with Crippen LogP contribution < -0.4 is 5.32 Å². The first-order chi connectivity index (χ1) is 19.3. The monoisotopic (exact) mass is 587 g/mol. The molecule has 238 valence electrons. The summed E-state index contributed by atoms with van der Waals surface area (Å²) in [5.74, 6) is -0.974. The Morgan fingerprint density at radius 1 is 0.650 bits per heavy atom. The van der Waals surface area contributed by atoms with E-state index in [1.54, 1.807) is 6.08 Å². The van der Waals surface area contributed by atoms with Crippen molar-refractivity contribution in [3.63, 3.8) is 0 Å². The minimum absolute atomic E-state index is 0.280. The maximum Gasteiger partial charge on any atom is 0.267 e. The Kier molecular flexibility index (Phi) is 27.6. The van der Waals surface area contributed by atoms with Crippen molar-refractivity contribution in [1.82, 2.24) is 5.32 Å². The third-order valence-electron chi connectivity index (χ3n) is 7.71. The number of nitrogens with one attached hydrogen (secondary N) is 1. The van der Waals surface area contributed by atoms with E-state index in [4.69, 9.17) is 0 Å². The standard InChI is InChI=1S/C33H65NO5S/c1-3-5-7-9-11-13-15-16-17-18-19-20-22-24-26-28-32(35)31(30-40(37,38)39)34-33(36)29-27-25-23-21-14-12-10-8-6-4-2/h26,28,31-32,35H,3-25,27,29-30H2,1-2H3,(H,34,36)(H,37,38,39)/b28-26+. The molecule has 0 aromatic heterocycles. The van der Waals surface area contributed by atoms with Crippen molar-refractivity contribution < 1.29 is 22.9 Å². The minimum Gasteiger partial charge on any atom is -0.387 e. The molecular weight excluding hydrogens is 522 g/mol. The fourth-order valence-electron chi connectivity index (χ4n) is 5.15. The minimum atomic E-state index is -4.33. The summed E-state index contributed by atoms with van der Waals surface area (Å²) in [5.41, 5.74) is 0. The molecule has 0 spiro atoms. The number of hydrogen-bond donors (Lipinski definition) is 3. The molecule has 0 rings (SSSR count). The highest BCUT2D eigenvalue weighted by Gasteiger charge is 2.24. The molecule has 2 unspecified atom stereocenters. The molecule has 0 bridgehead atoms. The Balaban J connectivity index is 4.01. The highest BCUT2D eigenvalue weighted by atomic mass is 32.2. The molecule has 0 aliphatic heterocycles. The van der Waals surface area contributed by atoms with Crippen LogP contribution in [-0.4, -0.2) is 41.9 Å². The van der Waals surface area contributed by atoms with Crippen LogP contribution in [-0.2, 0) is 14.9 Å². The number of amides is 1. The molecule has 0 fully saturated rings. The van der Waals surface area contributed by atoms with Gasteiger partial charge in [0.25, 0.3) is 10.1 Å². The van der Waals surface area contributed by atoms with E-state index >= 15 is 0 Å². The van der Waals surface area contributed by atoms with E-state index in [0.29, 0.717) is 6.42 Å². The number of aliphatic hydroxyl groups is 1. The Morgan fingerprint density at radius 3 is 1.43 bits per heavy atom. The molecule has 0 heterocycles. The van der Waals surface area contributed by atoms with E-state index in [0.717, 1.165) is 38.5 Å². The average molecular weight is 588 g/mol. The van der Waals surface area contributed by atoms with Gasteiger partial charge in [-0.1, -0.05) is 161 Å². The second kappa shape index (κ2) is 28.2. The predicted octanol–water partition coefficient (Wildman–Crippen LogP) is 9.07. The van der Waals surface area contributed by atoms with Gasteiger partial charge in [0.15, 0.2) is 0 Å². The van der Waals surface area contributed by atoms with Gasteiger partial charge < -0.3 is 10.4 Å². The van der Waals surface area contributed by atoms with Crippen molar-refractivity contribution >= 4 is 16.0 Å². The van der Waals surface area contributed by atoms with Gasteiger partial charge >= 0.3 is 0 Å². The number of aliphatic hydroxyl groups excluding tert-OH is 1. The molecule has 0 aliphatic carbocycles. The summed E-state index contributed by atoms with van der Waals surface area (Å²) in [5, 5.41) is 13.1. The largest absolute Gasteiger partial charge is 0.387 e. The summed E-state index contributed by atoms with van der Waals surface area (Å²) >= 11 is 0. The average Bonchev–Trinajstić information content (AvgIpc) is 2.90. The molecule has 40 heavy (non-hydrogen) atoms. The van der Waals surface area contributed by atoms with Crippen LogP contribution >= 0.6 is 0 Å². The van der Waals surface area contributed by atoms with E-state index in [2.05, 4.69) is 19.2 Å². The zero-order valence-corrected chi connectivity index (χ0v) is 27.0. The smallest absolute Gasteiger partial charge is 0.267 e. The Labute approximate surface area is 248 Å². The lowest BCUT2D eigenvalue weighted by Crippen LogP contribution is -2.46. The van der Waals surface area contributed by atoms with Gasteiger partial charge in [0.2, 0.25) is 5.91 Å². The fraction of sp³-hybridized carbons (Fsp3) is 0.909. The van der Waals surface area contributed by atoms with E-state index in [-0.39, 0.29) is 5.91 Å². The summed E-state index contributed by atoms with van der Waals surface area (Å²) in [7, 11) is -4.33.